The Balaban J connectivity index is 1.21. The number of benzene rings is 2. The van der Waals surface area contributed by atoms with Gasteiger partial charge in [-0.25, -0.2) is 9.37 Å². The van der Waals surface area contributed by atoms with E-state index in [9.17, 15) is 9.18 Å². The number of piperazine rings is 1. The molecule has 35 heavy (non-hydrogen) atoms. The highest BCUT2D eigenvalue weighted by atomic mass is 32.2. The topological polar surface area (TPSA) is 79.8 Å². The van der Waals surface area contributed by atoms with Gasteiger partial charge in [0.1, 0.15) is 5.82 Å². The quantitative estimate of drug-likeness (QED) is 0.344. The van der Waals surface area contributed by atoms with Crippen LogP contribution in [0.15, 0.2) is 76.5 Å². The van der Waals surface area contributed by atoms with Crippen molar-refractivity contribution >= 4 is 39.9 Å². The summed E-state index contributed by atoms with van der Waals surface area (Å²) in [7, 11) is 0. The Hall–Kier alpha value is -3.92. The predicted molar refractivity (Wildman–Crippen MR) is 132 cm³/mol. The van der Waals surface area contributed by atoms with Crippen LogP contribution in [0.1, 0.15) is 0 Å². The van der Waals surface area contributed by atoms with E-state index in [4.69, 9.17) is 9.40 Å². The maximum atomic E-state index is 14.1. The van der Waals surface area contributed by atoms with Crippen LogP contribution >= 0.6 is 11.8 Å². The Morgan fingerprint density at radius 1 is 0.971 bits per heavy atom. The second-order valence-corrected chi connectivity index (χ2v) is 9.12. The minimum absolute atomic E-state index is 0.00762. The minimum Gasteiger partial charge on any atom is -0.461 e. The molecular weight excluding hydrogens is 467 g/mol. The van der Waals surface area contributed by atoms with Crippen LogP contribution in [0.4, 0.5) is 10.1 Å². The van der Waals surface area contributed by atoms with Crippen molar-refractivity contribution < 1.29 is 13.6 Å². The minimum atomic E-state index is -0.241. The molecule has 3 aromatic heterocycles. The Morgan fingerprint density at radius 2 is 1.77 bits per heavy atom. The summed E-state index contributed by atoms with van der Waals surface area (Å²) in [5.74, 6) is 1.16. The molecule has 1 aliphatic heterocycles. The highest BCUT2D eigenvalue weighted by molar-refractivity contribution is 7.99. The molecule has 1 amide bonds. The number of fused-ring (bicyclic) bond motifs is 3. The first-order valence-electron chi connectivity index (χ1n) is 11.3. The largest absolute Gasteiger partial charge is 0.461 e. The molecule has 0 atom stereocenters. The lowest BCUT2D eigenvalue weighted by Gasteiger charge is -2.36. The SMILES string of the molecule is O=C(CSc1nnc2c3ccccc3nc(-c3ccco3)n12)N1CCN(c2ccccc2F)CC1. The molecule has 0 radical (unpaired) electrons. The smallest absolute Gasteiger partial charge is 0.233 e. The molecule has 0 saturated carbocycles. The van der Waals surface area contributed by atoms with E-state index in [1.54, 1.807) is 24.5 Å². The lowest BCUT2D eigenvalue weighted by atomic mass is 10.2. The number of thioether (sulfide) groups is 1. The molecule has 176 valence electrons. The van der Waals surface area contributed by atoms with Crippen LogP contribution in [0.25, 0.3) is 28.1 Å². The molecule has 1 aliphatic rings. The lowest BCUT2D eigenvalue weighted by Crippen LogP contribution is -2.49. The fourth-order valence-electron chi connectivity index (χ4n) is 4.35. The first-order chi connectivity index (χ1) is 17.2. The van der Waals surface area contributed by atoms with Gasteiger partial charge in [0.25, 0.3) is 0 Å². The van der Waals surface area contributed by atoms with Crippen molar-refractivity contribution in [2.45, 2.75) is 5.16 Å². The molecule has 10 heteroatoms. The molecule has 0 aliphatic carbocycles. The number of hydrogen-bond acceptors (Lipinski definition) is 7. The maximum Gasteiger partial charge on any atom is 0.233 e. The molecule has 1 fully saturated rings. The van der Waals surface area contributed by atoms with Crippen LogP contribution in [0.5, 0.6) is 0 Å². The lowest BCUT2D eigenvalue weighted by molar-refractivity contribution is -0.128. The van der Waals surface area contributed by atoms with Crippen molar-refractivity contribution in [3.8, 4) is 11.6 Å². The van der Waals surface area contributed by atoms with Crippen molar-refractivity contribution in [2.24, 2.45) is 0 Å². The number of aromatic nitrogens is 4. The highest BCUT2D eigenvalue weighted by Crippen LogP contribution is 2.29. The summed E-state index contributed by atoms with van der Waals surface area (Å²) in [6.45, 7) is 2.25. The van der Waals surface area contributed by atoms with Gasteiger partial charge in [0.2, 0.25) is 5.91 Å². The van der Waals surface area contributed by atoms with Gasteiger partial charge in [-0.05, 0) is 36.4 Å². The summed E-state index contributed by atoms with van der Waals surface area (Å²) in [6.07, 6.45) is 1.60. The zero-order valence-electron chi connectivity index (χ0n) is 18.7. The van der Waals surface area contributed by atoms with E-state index in [-0.39, 0.29) is 17.5 Å². The standard InChI is InChI=1S/C25H21FN6O2S/c26-18-7-2-4-9-20(18)30-11-13-31(14-12-30)22(33)16-35-25-29-28-23-17-6-1-3-8-19(17)27-24(32(23)25)21-10-5-15-34-21/h1-10,15H,11-14,16H2. The number of carbonyl (C=O) groups is 1. The number of hydrogen-bond donors (Lipinski definition) is 0. The average molecular weight is 489 g/mol. The van der Waals surface area contributed by atoms with Gasteiger partial charge < -0.3 is 14.2 Å². The predicted octanol–water partition coefficient (Wildman–Crippen LogP) is 4.12. The van der Waals surface area contributed by atoms with E-state index in [0.29, 0.717) is 54.3 Å². The van der Waals surface area contributed by atoms with Crippen molar-refractivity contribution in [1.82, 2.24) is 24.5 Å². The van der Waals surface area contributed by atoms with Crippen LogP contribution in [0.2, 0.25) is 0 Å². The second-order valence-electron chi connectivity index (χ2n) is 8.18. The molecule has 0 bridgehead atoms. The Morgan fingerprint density at radius 3 is 2.57 bits per heavy atom. The van der Waals surface area contributed by atoms with Crippen molar-refractivity contribution in [1.29, 1.82) is 0 Å². The van der Waals surface area contributed by atoms with Gasteiger partial charge in [-0.15, -0.1) is 10.2 Å². The molecule has 1 saturated heterocycles. The summed E-state index contributed by atoms with van der Waals surface area (Å²) in [6, 6.07) is 18.1. The number of rotatable bonds is 5. The van der Waals surface area contributed by atoms with Gasteiger partial charge in [-0.2, -0.15) is 0 Å². The third kappa shape index (κ3) is 3.99. The van der Waals surface area contributed by atoms with E-state index >= 15 is 0 Å². The number of anilines is 1. The average Bonchev–Trinajstić information content (AvgIpc) is 3.58. The molecule has 4 heterocycles. The fourth-order valence-corrected chi connectivity index (χ4v) is 5.18. The summed E-state index contributed by atoms with van der Waals surface area (Å²) in [5.41, 5.74) is 2.03. The van der Waals surface area contributed by atoms with E-state index < -0.39 is 0 Å². The van der Waals surface area contributed by atoms with Crippen molar-refractivity contribution in [2.75, 3.05) is 36.8 Å². The van der Waals surface area contributed by atoms with Crippen LogP contribution in [-0.2, 0) is 4.79 Å². The van der Waals surface area contributed by atoms with Gasteiger partial charge in [0, 0.05) is 31.6 Å². The highest BCUT2D eigenvalue weighted by Gasteiger charge is 2.24. The normalized spacial score (nSPS) is 14.2. The number of carbonyl (C=O) groups excluding carboxylic acids is 1. The number of para-hydroxylation sites is 2. The third-order valence-electron chi connectivity index (χ3n) is 6.11. The second kappa shape index (κ2) is 9.03. The molecular formula is C25H21FN6O2S. The van der Waals surface area contributed by atoms with E-state index in [2.05, 4.69) is 10.2 Å². The summed E-state index contributed by atoms with van der Waals surface area (Å²) >= 11 is 1.32. The Kier molecular flexibility index (Phi) is 5.57. The fraction of sp³-hybridized carbons (Fsp3) is 0.200. The molecule has 0 unspecified atom stereocenters. The van der Waals surface area contributed by atoms with Crippen molar-refractivity contribution in [3.05, 3.63) is 72.7 Å². The molecule has 0 N–H and O–H groups in total. The summed E-state index contributed by atoms with van der Waals surface area (Å²) in [5, 5.41) is 10.2. The van der Waals surface area contributed by atoms with Gasteiger partial charge in [0.05, 0.1) is 23.2 Å². The van der Waals surface area contributed by atoms with E-state index in [0.717, 1.165) is 10.9 Å². The number of halogens is 1. The number of nitrogens with zero attached hydrogens (tertiary/aromatic N) is 6. The molecule has 8 nitrogen and oxygen atoms in total. The van der Waals surface area contributed by atoms with Crippen LogP contribution < -0.4 is 4.90 Å². The van der Waals surface area contributed by atoms with Gasteiger partial charge in [-0.1, -0.05) is 36.0 Å². The molecule has 5 aromatic rings. The summed E-state index contributed by atoms with van der Waals surface area (Å²) in [4.78, 5) is 21.6. The van der Waals surface area contributed by atoms with Gasteiger partial charge in [0.15, 0.2) is 22.4 Å². The van der Waals surface area contributed by atoms with Gasteiger partial charge >= 0.3 is 0 Å². The number of furan rings is 1. The summed E-state index contributed by atoms with van der Waals surface area (Å²) < 4.78 is 21.6. The maximum absolute atomic E-state index is 14.1. The Bertz CT molecular complexity index is 1510. The molecule has 6 rings (SSSR count). The van der Waals surface area contributed by atoms with Gasteiger partial charge in [-0.3, -0.25) is 9.20 Å². The molecule has 2 aromatic carbocycles. The van der Waals surface area contributed by atoms with E-state index in [1.165, 1.54) is 17.8 Å². The molecule has 0 spiro atoms. The number of amides is 1. The van der Waals surface area contributed by atoms with Crippen molar-refractivity contribution in [3.63, 3.8) is 0 Å². The zero-order chi connectivity index (χ0) is 23.8. The zero-order valence-corrected chi connectivity index (χ0v) is 19.5. The van der Waals surface area contributed by atoms with Crippen LogP contribution in [0, 0.1) is 5.82 Å². The first kappa shape index (κ1) is 21.6. The van der Waals surface area contributed by atoms with E-state index in [1.807, 2.05) is 50.6 Å². The van der Waals surface area contributed by atoms with Crippen LogP contribution in [0.3, 0.4) is 0 Å². The Labute approximate surface area is 204 Å². The third-order valence-corrected chi connectivity index (χ3v) is 7.02. The first-order valence-corrected chi connectivity index (χ1v) is 12.3. The van der Waals surface area contributed by atoms with Crippen LogP contribution in [-0.4, -0.2) is 62.3 Å². The monoisotopic (exact) mass is 488 g/mol.